The minimum atomic E-state index is 0.0181. The quantitative estimate of drug-likeness (QED) is 0.745. The van der Waals surface area contributed by atoms with Gasteiger partial charge in [0.25, 0.3) is 5.91 Å². The standard InChI is InChI=1S/C21H23N3OS/c1-13-7-8-18-16(11-13)19(15-5-3-4-6-17(15)24-18)20(25)23-12-14(2)21-22-9-10-26-21/h7-11,14H,3-6,12H2,1-2H3,(H,23,25). The molecular formula is C21H23N3OS. The molecule has 1 amide bonds. The van der Waals surface area contributed by atoms with Gasteiger partial charge in [-0.1, -0.05) is 18.6 Å². The first-order valence-electron chi connectivity index (χ1n) is 9.23. The summed E-state index contributed by atoms with van der Waals surface area (Å²) in [6.45, 7) is 4.76. The molecule has 0 spiro atoms. The highest BCUT2D eigenvalue weighted by atomic mass is 32.1. The number of amides is 1. The van der Waals surface area contributed by atoms with Gasteiger partial charge in [-0.25, -0.2) is 4.98 Å². The van der Waals surface area contributed by atoms with E-state index in [4.69, 9.17) is 4.98 Å². The zero-order valence-corrected chi connectivity index (χ0v) is 16.0. The Hall–Kier alpha value is -2.27. The zero-order chi connectivity index (χ0) is 18.1. The van der Waals surface area contributed by atoms with Gasteiger partial charge >= 0.3 is 0 Å². The molecular weight excluding hydrogens is 342 g/mol. The predicted molar refractivity (Wildman–Crippen MR) is 106 cm³/mol. The van der Waals surface area contributed by atoms with Crippen molar-refractivity contribution in [2.24, 2.45) is 0 Å². The molecule has 0 fully saturated rings. The van der Waals surface area contributed by atoms with E-state index in [1.54, 1.807) is 11.3 Å². The summed E-state index contributed by atoms with van der Waals surface area (Å²) >= 11 is 1.63. The molecule has 1 N–H and O–H groups in total. The highest BCUT2D eigenvalue weighted by molar-refractivity contribution is 7.09. The van der Waals surface area contributed by atoms with Gasteiger partial charge in [0.15, 0.2) is 0 Å². The number of thiazole rings is 1. The fraction of sp³-hybridized carbons (Fsp3) is 0.381. The summed E-state index contributed by atoms with van der Waals surface area (Å²) in [6, 6.07) is 6.20. The van der Waals surface area contributed by atoms with Crippen molar-refractivity contribution in [1.29, 1.82) is 0 Å². The van der Waals surface area contributed by atoms with Crippen molar-refractivity contribution in [3.05, 3.63) is 57.2 Å². The van der Waals surface area contributed by atoms with Gasteiger partial charge in [0.1, 0.15) is 0 Å². The molecule has 3 aromatic rings. The minimum absolute atomic E-state index is 0.0181. The summed E-state index contributed by atoms with van der Waals surface area (Å²) in [4.78, 5) is 22.4. The van der Waals surface area contributed by atoms with Crippen molar-refractivity contribution in [3.63, 3.8) is 0 Å². The maximum Gasteiger partial charge on any atom is 0.252 e. The van der Waals surface area contributed by atoms with E-state index in [0.717, 1.165) is 64.0 Å². The molecule has 0 saturated carbocycles. The number of carbonyl (C=O) groups excluding carboxylic acids is 1. The van der Waals surface area contributed by atoms with Crippen LogP contribution in [0.5, 0.6) is 0 Å². The van der Waals surface area contributed by atoms with Crippen molar-refractivity contribution in [2.45, 2.75) is 45.4 Å². The minimum Gasteiger partial charge on any atom is -0.351 e. The fourth-order valence-electron chi connectivity index (χ4n) is 3.70. The maximum absolute atomic E-state index is 13.2. The number of aromatic nitrogens is 2. The Morgan fingerprint density at radius 2 is 2.15 bits per heavy atom. The second-order valence-corrected chi connectivity index (χ2v) is 8.05. The van der Waals surface area contributed by atoms with Crippen LogP contribution >= 0.6 is 11.3 Å². The van der Waals surface area contributed by atoms with Crippen molar-refractivity contribution in [3.8, 4) is 0 Å². The van der Waals surface area contributed by atoms with Crippen LogP contribution in [0.2, 0.25) is 0 Å². The third kappa shape index (κ3) is 3.23. The molecule has 134 valence electrons. The van der Waals surface area contributed by atoms with E-state index in [1.165, 1.54) is 0 Å². The Morgan fingerprint density at radius 3 is 2.96 bits per heavy atom. The Bertz CT molecular complexity index is 950. The van der Waals surface area contributed by atoms with Gasteiger partial charge < -0.3 is 5.32 Å². The van der Waals surface area contributed by atoms with E-state index >= 15 is 0 Å². The number of pyridine rings is 1. The molecule has 0 saturated heterocycles. The molecule has 2 heterocycles. The van der Waals surface area contributed by atoms with E-state index in [2.05, 4.69) is 36.3 Å². The third-order valence-electron chi connectivity index (χ3n) is 5.09. The highest BCUT2D eigenvalue weighted by Crippen LogP contribution is 2.30. The van der Waals surface area contributed by atoms with Crippen LogP contribution in [0.1, 0.15) is 57.9 Å². The van der Waals surface area contributed by atoms with Crippen molar-refractivity contribution < 1.29 is 4.79 Å². The second-order valence-electron chi connectivity index (χ2n) is 7.12. The smallest absolute Gasteiger partial charge is 0.252 e. The first-order valence-corrected chi connectivity index (χ1v) is 10.1. The van der Waals surface area contributed by atoms with Crippen LogP contribution < -0.4 is 5.32 Å². The summed E-state index contributed by atoms with van der Waals surface area (Å²) in [5.74, 6) is 0.231. The summed E-state index contributed by atoms with van der Waals surface area (Å²) in [6.07, 6.45) is 6.00. The molecule has 26 heavy (non-hydrogen) atoms. The lowest BCUT2D eigenvalue weighted by molar-refractivity contribution is 0.0952. The van der Waals surface area contributed by atoms with Crippen LogP contribution in [0, 0.1) is 6.92 Å². The van der Waals surface area contributed by atoms with Gasteiger partial charge in [-0.2, -0.15) is 0 Å². The average molecular weight is 366 g/mol. The van der Waals surface area contributed by atoms with Crippen LogP contribution in [0.25, 0.3) is 10.9 Å². The lowest BCUT2D eigenvalue weighted by atomic mass is 9.89. The molecule has 1 atom stereocenters. The Morgan fingerprint density at radius 1 is 1.31 bits per heavy atom. The Kier molecular flexibility index (Phi) is 4.72. The third-order valence-corrected chi connectivity index (χ3v) is 6.09. The van der Waals surface area contributed by atoms with Crippen LogP contribution in [0.15, 0.2) is 29.8 Å². The number of aryl methyl sites for hydroxylation is 2. The molecule has 0 bridgehead atoms. The Balaban J connectivity index is 1.69. The van der Waals surface area contributed by atoms with Crippen LogP contribution in [-0.2, 0) is 12.8 Å². The SMILES string of the molecule is Cc1ccc2nc3c(c(C(=O)NCC(C)c4nccs4)c2c1)CCCC3. The largest absolute Gasteiger partial charge is 0.351 e. The van der Waals surface area contributed by atoms with E-state index in [9.17, 15) is 4.79 Å². The van der Waals surface area contributed by atoms with Gasteiger partial charge in [0, 0.05) is 35.1 Å². The van der Waals surface area contributed by atoms with E-state index in [1.807, 2.05) is 17.6 Å². The van der Waals surface area contributed by atoms with E-state index in [0.29, 0.717) is 6.54 Å². The topological polar surface area (TPSA) is 54.9 Å². The molecule has 1 aliphatic rings. The van der Waals surface area contributed by atoms with Crippen LogP contribution in [-0.4, -0.2) is 22.4 Å². The van der Waals surface area contributed by atoms with Crippen molar-refractivity contribution >= 4 is 28.1 Å². The zero-order valence-electron chi connectivity index (χ0n) is 15.2. The number of benzene rings is 1. The molecule has 1 aromatic carbocycles. The highest BCUT2D eigenvalue weighted by Gasteiger charge is 2.23. The summed E-state index contributed by atoms with van der Waals surface area (Å²) in [7, 11) is 0. The average Bonchev–Trinajstić information content (AvgIpc) is 3.19. The molecule has 1 aliphatic carbocycles. The van der Waals surface area contributed by atoms with E-state index < -0.39 is 0 Å². The summed E-state index contributed by atoms with van der Waals surface area (Å²) in [5, 5.41) is 7.16. The van der Waals surface area contributed by atoms with E-state index in [-0.39, 0.29) is 11.8 Å². The number of nitrogens with zero attached hydrogens (tertiary/aromatic N) is 2. The summed E-state index contributed by atoms with van der Waals surface area (Å²) in [5.41, 5.74) is 5.16. The lowest BCUT2D eigenvalue weighted by Gasteiger charge is -2.21. The normalized spacial score (nSPS) is 14.8. The van der Waals surface area contributed by atoms with Gasteiger partial charge in [-0.05, 0) is 50.3 Å². The second kappa shape index (κ2) is 7.16. The summed E-state index contributed by atoms with van der Waals surface area (Å²) < 4.78 is 0. The number of rotatable bonds is 4. The molecule has 2 aromatic heterocycles. The van der Waals surface area contributed by atoms with Gasteiger partial charge in [-0.15, -0.1) is 11.3 Å². The van der Waals surface area contributed by atoms with Gasteiger partial charge in [0.2, 0.25) is 0 Å². The van der Waals surface area contributed by atoms with Gasteiger partial charge in [0.05, 0.1) is 16.1 Å². The number of hydrogen-bond donors (Lipinski definition) is 1. The number of nitrogens with one attached hydrogen (secondary N) is 1. The van der Waals surface area contributed by atoms with Crippen molar-refractivity contribution in [2.75, 3.05) is 6.54 Å². The number of fused-ring (bicyclic) bond motifs is 2. The fourth-order valence-corrected chi connectivity index (χ4v) is 4.39. The molecule has 1 unspecified atom stereocenters. The maximum atomic E-state index is 13.2. The molecule has 4 nitrogen and oxygen atoms in total. The Labute approximate surface area is 157 Å². The lowest BCUT2D eigenvalue weighted by Crippen LogP contribution is -2.29. The number of hydrogen-bond acceptors (Lipinski definition) is 4. The van der Waals surface area contributed by atoms with Crippen molar-refractivity contribution in [1.82, 2.24) is 15.3 Å². The molecule has 5 heteroatoms. The van der Waals surface area contributed by atoms with Gasteiger partial charge in [-0.3, -0.25) is 9.78 Å². The van der Waals surface area contributed by atoms with Crippen LogP contribution in [0.3, 0.4) is 0 Å². The first kappa shape index (κ1) is 17.2. The molecule has 0 radical (unpaired) electrons. The van der Waals surface area contributed by atoms with Crippen LogP contribution in [0.4, 0.5) is 0 Å². The molecule has 0 aliphatic heterocycles. The monoisotopic (exact) mass is 365 g/mol. The first-order chi connectivity index (χ1) is 12.6. The predicted octanol–water partition coefficient (Wildman–Crippen LogP) is 4.41. The number of carbonyl (C=O) groups is 1. The molecule has 4 rings (SSSR count).